The molecule has 2 heterocycles. The van der Waals surface area contributed by atoms with Gasteiger partial charge in [-0.1, -0.05) is 35.9 Å². The normalized spacial score (nSPS) is 28.5. The van der Waals surface area contributed by atoms with Gasteiger partial charge in [-0.2, -0.15) is 0 Å². The number of hydrogen-bond donors (Lipinski definition) is 1. The van der Waals surface area contributed by atoms with Crippen molar-refractivity contribution in [2.45, 2.75) is 37.7 Å². The number of benzene rings is 1. The molecule has 1 aliphatic carbocycles. The van der Waals surface area contributed by atoms with E-state index in [0.29, 0.717) is 6.42 Å². The van der Waals surface area contributed by atoms with Crippen molar-refractivity contribution < 1.29 is 9.52 Å². The van der Waals surface area contributed by atoms with Crippen LogP contribution in [0, 0.1) is 5.92 Å². The molecule has 4 rings (SSSR count). The fourth-order valence-corrected chi connectivity index (χ4v) is 4.93. The lowest BCUT2D eigenvalue weighted by molar-refractivity contribution is -0.0347. The van der Waals surface area contributed by atoms with Gasteiger partial charge in [-0.05, 0) is 56.5 Å². The third-order valence-electron chi connectivity index (χ3n) is 6.66. The van der Waals surface area contributed by atoms with E-state index in [9.17, 15) is 5.11 Å². The van der Waals surface area contributed by atoms with E-state index >= 15 is 0 Å². The van der Waals surface area contributed by atoms with E-state index in [1.807, 2.05) is 18.2 Å². The average Bonchev–Trinajstić information content (AvgIpc) is 3.17. The molecule has 2 unspecified atom stereocenters. The maximum atomic E-state index is 12.0. The molecular formula is C25H34N2O2. The summed E-state index contributed by atoms with van der Waals surface area (Å²) in [5.74, 6) is 1.17. The zero-order chi connectivity index (χ0) is 20.1. The second-order valence-electron chi connectivity index (χ2n) is 8.95. The summed E-state index contributed by atoms with van der Waals surface area (Å²) >= 11 is 0. The van der Waals surface area contributed by atoms with E-state index in [4.69, 9.17) is 4.42 Å². The average molecular weight is 395 g/mol. The topological polar surface area (TPSA) is 39.9 Å². The summed E-state index contributed by atoms with van der Waals surface area (Å²) in [5.41, 5.74) is 1.80. The van der Waals surface area contributed by atoms with E-state index in [2.05, 4.69) is 47.2 Å². The minimum Gasteiger partial charge on any atom is -0.465 e. The fraction of sp³-hybridized carbons (Fsp3) is 0.520. The van der Waals surface area contributed by atoms with Gasteiger partial charge in [0.25, 0.3) is 0 Å². The Morgan fingerprint density at radius 3 is 2.62 bits per heavy atom. The van der Waals surface area contributed by atoms with Crippen LogP contribution in [0.15, 0.2) is 58.7 Å². The van der Waals surface area contributed by atoms with Crippen molar-refractivity contribution >= 4 is 6.08 Å². The first-order chi connectivity index (χ1) is 14.1. The molecule has 1 aromatic carbocycles. The molecule has 1 saturated carbocycles. The Hall–Kier alpha value is -1.88. The summed E-state index contributed by atoms with van der Waals surface area (Å²) < 4.78 is 5.55. The Kier molecular flexibility index (Phi) is 6.53. The highest BCUT2D eigenvalue weighted by molar-refractivity contribution is 5.48. The predicted molar refractivity (Wildman–Crippen MR) is 118 cm³/mol. The largest absolute Gasteiger partial charge is 0.465 e. The van der Waals surface area contributed by atoms with Gasteiger partial charge in [0.1, 0.15) is 5.76 Å². The summed E-state index contributed by atoms with van der Waals surface area (Å²) in [6.45, 7) is 5.43. The number of furan rings is 1. The summed E-state index contributed by atoms with van der Waals surface area (Å²) in [7, 11) is 2.19. The summed E-state index contributed by atoms with van der Waals surface area (Å²) in [6.07, 6.45) is 8.54. The van der Waals surface area contributed by atoms with Crippen LogP contribution >= 0.6 is 0 Å². The molecule has 4 heteroatoms. The molecule has 1 N–H and O–H groups in total. The predicted octanol–water partition coefficient (Wildman–Crippen LogP) is 4.07. The van der Waals surface area contributed by atoms with Crippen molar-refractivity contribution in [1.82, 2.24) is 9.80 Å². The second-order valence-corrected chi connectivity index (χ2v) is 8.95. The number of likely N-dealkylation sites (N-methyl/N-ethyl adjacent to an activating group) is 1. The summed E-state index contributed by atoms with van der Waals surface area (Å²) in [4.78, 5) is 4.95. The van der Waals surface area contributed by atoms with Gasteiger partial charge in [-0.3, -0.25) is 0 Å². The standard InChI is InChI=1S/C25H34N2O2/c1-26-12-14-27(15-13-26)20-23-10-5-9-22(17-24-11-6-16-29-24)19-25(23,28)18-21-7-3-2-4-8-21/h2-4,6-8,11,16-17,23,28H,5,9-10,12-15,18-20H2,1H3. The number of nitrogens with zero attached hydrogens (tertiary/aromatic N) is 2. The molecule has 2 atom stereocenters. The van der Waals surface area contributed by atoms with Gasteiger partial charge >= 0.3 is 0 Å². The molecule has 2 fully saturated rings. The molecule has 0 amide bonds. The van der Waals surface area contributed by atoms with Gasteiger partial charge in [-0.25, -0.2) is 0 Å². The van der Waals surface area contributed by atoms with Gasteiger partial charge < -0.3 is 19.3 Å². The molecule has 2 aliphatic rings. The summed E-state index contributed by atoms with van der Waals surface area (Å²) in [6, 6.07) is 14.4. The maximum absolute atomic E-state index is 12.0. The van der Waals surface area contributed by atoms with Gasteiger partial charge in [-0.15, -0.1) is 0 Å². The first-order valence-corrected chi connectivity index (χ1v) is 11.0. The number of aliphatic hydroxyl groups is 1. The number of rotatable bonds is 5. The minimum absolute atomic E-state index is 0.286. The first kappa shape index (κ1) is 20.4. The lowest BCUT2D eigenvalue weighted by Crippen LogP contribution is -2.50. The number of piperazine rings is 1. The van der Waals surface area contributed by atoms with Gasteiger partial charge in [0.2, 0.25) is 0 Å². The molecular weight excluding hydrogens is 360 g/mol. The van der Waals surface area contributed by atoms with E-state index in [0.717, 1.165) is 64.2 Å². The van der Waals surface area contributed by atoms with Crippen LogP contribution in [0.5, 0.6) is 0 Å². The van der Waals surface area contributed by atoms with E-state index in [1.54, 1.807) is 6.26 Å². The van der Waals surface area contributed by atoms with Crippen molar-refractivity contribution in [1.29, 1.82) is 0 Å². The Balaban J connectivity index is 1.56. The van der Waals surface area contributed by atoms with Crippen LogP contribution in [0.3, 0.4) is 0 Å². The van der Waals surface area contributed by atoms with Crippen molar-refractivity contribution in [3.8, 4) is 0 Å². The van der Waals surface area contributed by atoms with Crippen molar-refractivity contribution in [3.63, 3.8) is 0 Å². The van der Waals surface area contributed by atoms with Crippen LogP contribution in [0.25, 0.3) is 6.08 Å². The van der Waals surface area contributed by atoms with Crippen molar-refractivity contribution in [2.24, 2.45) is 5.92 Å². The SMILES string of the molecule is CN1CCN(CC2CCCC(=Cc3ccco3)CC2(O)Cc2ccccc2)CC1. The Morgan fingerprint density at radius 1 is 1.10 bits per heavy atom. The smallest absolute Gasteiger partial charge is 0.126 e. The highest BCUT2D eigenvalue weighted by Crippen LogP contribution is 2.39. The highest BCUT2D eigenvalue weighted by atomic mass is 16.3. The molecule has 2 aromatic rings. The van der Waals surface area contributed by atoms with Gasteiger partial charge in [0.15, 0.2) is 0 Å². The summed E-state index contributed by atoms with van der Waals surface area (Å²) in [5, 5.41) is 12.0. The molecule has 1 aromatic heterocycles. The molecule has 0 bridgehead atoms. The van der Waals surface area contributed by atoms with Crippen LogP contribution in [-0.4, -0.2) is 60.3 Å². The van der Waals surface area contributed by atoms with E-state index < -0.39 is 5.60 Å². The Morgan fingerprint density at radius 2 is 1.90 bits per heavy atom. The van der Waals surface area contributed by atoms with Crippen LogP contribution in [0.1, 0.15) is 37.0 Å². The molecule has 1 saturated heterocycles. The first-order valence-electron chi connectivity index (χ1n) is 11.0. The molecule has 29 heavy (non-hydrogen) atoms. The monoisotopic (exact) mass is 394 g/mol. The zero-order valence-corrected chi connectivity index (χ0v) is 17.6. The van der Waals surface area contributed by atoms with Gasteiger partial charge in [0.05, 0.1) is 11.9 Å². The molecule has 0 radical (unpaired) electrons. The molecule has 0 spiro atoms. The second kappa shape index (κ2) is 9.29. The van der Waals surface area contributed by atoms with Crippen molar-refractivity contribution in [2.75, 3.05) is 39.8 Å². The van der Waals surface area contributed by atoms with Crippen LogP contribution in [0.4, 0.5) is 0 Å². The van der Waals surface area contributed by atoms with E-state index in [-0.39, 0.29) is 5.92 Å². The van der Waals surface area contributed by atoms with Crippen LogP contribution in [-0.2, 0) is 6.42 Å². The highest BCUT2D eigenvalue weighted by Gasteiger charge is 2.40. The van der Waals surface area contributed by atoms with Crippen molar-refractivity contribution in [3.05, 3.63) is 65.6 Å². The van der Waals surface area contributed by atoms with Crippen LogP contribution < -0.4 is 0 Å². The zero-order valence-electron chi connectivity index (χ0n) is 17.6. The fourth-order valence-electron chi connectivity index (χ4n) is 4.93. The maximum Gasteiger partial charge on any atom is 0.126 e. The van der Waals surface area contributed by atoms with E-state index in [1.165, 1.54) is 11.1 Å². The van der Waals surface area contributed by atoms with Crippen LogP contribution in [0.2, 0.25) is 0 Å². The molecule has 1 aliphatic heterocycles. The molecule has 4 nitrogen and oxygen atoms in total. The third kappa shape index (κ3) is 5.39. The lowest BCUT2D eigenvalue weighted by Gasteiger charge is -2.41. The lowest BCUT2D eigenvalue weighted by atomic mass is 9.77. The number of hydrogen-bond acceptors (Lipinski definition) is 4. The van der Waals surface area contributed by atoms with Gasteiger partial charge in [0, 0.05) is 45.1 Å². The Labute approximate surface area is 174 Å². The minimum atomic E-state index is -0.723. The third-order valence-corrected chi connectivity index (χ3v) is 6.66. The quantitative estimate of drug-likeness (QED) is 0.776. The molecule has 156 valence electrons. The Bertz CT molecular complexity index is 778.